The Bertz CT molecular complexity index is 174. The van der Waals surface area contributed by atoms with Gasteiger partial charge in [0.1, 0.15) is 0 Å². The van der Waals surface area contributed by atoms with Crippen molar-refractivity contribution in [2.24, 2.45) is 5.92 Å². The maximum atomic E-state index is 11.4. The molecule has 64 valence electrons. The minimum atomic E-state index is -0.671. The number of rotatable bonds is 3. The van der Waals surface area contributed by atoms with E-state index >= 15 is 0 Å². The van der Waals surface area contributed by atoms with E-state index in [-0.39, 0.29) is 0 Å². The van der Waals surface area contributed by atoms with Crippen LogP contribution in [0.15, 0.2) is 11.5 Å². The summed E-state index contributed by atoms with van der Waals surface area (Å²) in [4.78, 5) is 0. The van der Waals surface area contributed by atoms with Crippen LogP contribution < -0.4 is 0 Å². The van der Waals surface area contributed by atoms with Crippen LogP contribution in [0.5, 0.6) is 0 Å². The molecule has 0 saturated carbocycles. The highest BCUT2D eigenvalue weighted by Gasteiger charge is 2.26. The maximum Gasteiger partial charge on any atom is 0.0490 e. The van der Waals surface area contributed by atoms with Gasteiger partial charge in [-0.25, -0.2) is 0 Å². The lowest BCUT2D eigenvalue weighted by atomic mass is 9.99. The van der Waals surface area contributed by atoms with Gasteiger partial charge in [0.25, 0.3) is 0 Å². The van der Waals surface area contributed by atoms with Gasteiger partial charge in [-0.3, -0.25) is 4.21 Å². The van der Waals surface area contributed by atoms with Gasteiger partial charge in [0, 0.05) is 16.0 Å². The highest BCUT2D eigenvalue weighted by Crippen LogP contribution is 2.26. The minimum Gasteiger partial charge on any atom is -0.255 e. The van der Waals surface area contributed by atoms with Crippen molar-refractivity contribution in [3.63, 3.8) is 0 Å². The number of allylic oxidation sites excluding steroid dienone is 1. The van der Waals surface area contributed by atoms with Gasteiger partial charge in [0.15, 0.2) is 0 Å². The molecule has 3 atom stereocenters. The predicted molar refractivity (Wildman–Crippen MR) is 49.8 cm³/mol. The maximum absolute atomic E-state index is 11.4. The fraction of sp³-hybridized carbons (Fsp3) is 0.778. The second-order valence-electron chi connectivity index (χ2n) is 3.06. The summed E-state index contributed by atoms with van der Waals surface area (Å²) in [5.41, 5.74) is 0. The Morgan fingerprint density at radius 3 is 2.73 bits per heavy atom. The molecule has 0 N–H and O–H groups in total. The van der Waals surface area contributed by atoms with Crippen molar-refractivity contribution in [2.75, 3.05) is 0 Å². The van der Waals surface area contributed by atoms with Gasteiger partial charge in [-0.2, -0.15) is 0 Å². The molecule has 0 fully saturated rings. The van der Waals surface area contributed by atoms with Gasteiger partial charge in [0.05, 0.1) is 0 Å². The fourth-order valence-electron chi connectivity index (χ4n) is 1.59. The topological polar surface area (TPSA) is 17.1 Å². The molecule has 0 aromatic heterocycles. The van der Waals surface area contributed by atoms with E-state index < -0.39 is 10.8 Å². The molecule has 2 heteroatoms. The van der Waals surface area contributed by atoms with Crippen LogP contribution in [-0.4, -0.2) is 9.46 Å². The Balaban J connectivity index is 2.54. The molecule has 3 unspecified atom stereocenters. The van der Waals surface area contributed by atoms with E-state index in [2.05, 4.69) is 19.9 Å². The highest BCUT2D eigenvalue weighted by molar-refractivity contribution is 7.88. The lowest BCUT2D eigenvalue weighted by Gasteiger charge is -2.14. The van der Waals surface area contributed by atoms with Gasteiger partial charge in [0.2, 0.25) is 0 Å². The summed E-state index contributed by atoms with van der Waals surface area (Å²) in [6.07, 6.45) is 5.51. The molecule has 11 heavy (non-hydrogen) atoms. The molecule has 1 rings (SSSR count). The molecule has 0 aliphatic carbocycles. The number of hydrogen-bond acceptors (Lipinski definition) is 1. The molecule has 0 spiro atoms. The first-order chi connectivity index (χ1) is 5.29. The first kappa shape index (κ1) is 8.98. The molecule has 0 saturated heterocycles. The standard InChI is InChI=1S/C9H16OS/c1-3-5-9-8(4-2)6-7-11(9)10/h6-9H,3-5H2,1-2H3. The van der Waals surface area contributed by atoms with E-state index in [4.69, 9.17) is 0 Å². The van der Waals surface area contributed by atoms with Crippen molar-refractivity contribution >= 4 is 10.8 Å². The smallest absolute Gasteiger partial charge is 0.0490 e. The molecule has 1 aliphatic rings. The molecule has 1 aliphatic heterocycles. The van der Waals surface area contributed by atoms with Crippen molar-refractivity contribution in [2.45, 2.75) is 38.4 Å². The third kappa shape index (κ3) is 1.92. The normalized spacial score (nSPS) is 36.4. The minimum absolute atomic E-state index is 0.421. The second kappa shape index (κ2) is 4.05. The largest absolute Gasteiger partial charge is 0.255 e. The average Bonchev–Trinajstić information content (AvgIpc) is 2.34. The third-order valence-electron chi connectivity index (χ3n) is 2.28. The van der Waals surface area contributed by atoms with Gasteiger partial charge in [-0.1, -0.05) is 26.3 Å². The summed E-state index contributed by atoms with van der Waals surface area (Å²) >= 11 is 0. The molecule has 1 nitrogen and oxygen atoms in total. The van der Waals surface area contributed by atoms with Gasteiger partial charge in [-0.15, -0.1) is 0 Å². The molecule has 0 aromatic carbocycles. The fourth-order valence-corrected chi connectivity index (χ4v) is 3.24. The lowest BCUT2D eigenvalue weighted by Crippen LogP contribution is -2.17. The molecular formula is C9H16OS. The second-order valence-corrected chi connectivity index (χ2v) is 4.59. The van der Waals surface area contributed by atoms with Crippen molar-refractivity contribution in [3.8, 4) is 0 Å². The zero-order valence-electron chi connectivity index (χ0n) is 7.25. The van der Waals surface area contributed by atoms with Crippen molar-refractivity contribution < 1.29 is 4.21 Å². The lowest BCUT2D eigenvalue weighted by molar-refractivity contribution is 0.550. The first-order valence-electron chi connectivity index (χ1n) is 4.37. The summed E-state index contributed by atoms with van der Waals surface area (Å²) < 4.78 is 11.4. The van der Waals surface area contributed by atoms with Crippen LogP contribution in [0.3, 0.4) is 0 Å². The third-order valence-corrected chi connectivity index (χ3v) is 3.89. The molecule has 0 amide bonds. The van der Waals surface area contributed by atoms with E-state index in [1.807, 2.05) is 5.41 Å². The zero-order valence-corrected chi connectivity index (χ0v) is 8.06. The van der Waals surface area contributed by atoms with E-state index in [0.29, 0.717) is 11.2 Å². The first-order valence-corrected chi connectivity index (χ1v) is 5.64. The monoisotopic (exact) mass is 172 g/mol. The summed E-state index contributed by atoms with van der Waals surface area (Å²) in [6, 6.07) is 0. The predicted octanol–water partition coefficient (Wildman–Crippen LogP) is 2.46. The van der Waals surface area contributed by atoms with E-state index in [1.54, 1.807) is 0 Å². The Labute approximate surface area is 71.3 Å². The van der Waals surface area contributed by atoms with Crippen LogP contribution in [0.1, 0.15) is 33.1 Å². The molecule has 0 bridgehead atoms. The van der Waals surface area contributed by atoms with E-state index in [1.165, 1.54) is 0 Å². The van der Waals surface area contributed by atoms with Crippen LogP contribution in [0, 0.1) is 5.92 Å². The van der Waals surface area contributed by atoms with Gasteiger partial charge >= 0.3 is 0 Å². The Morgan fingerprint density at radius 1 is 1.45 bits per heavy atom. The Hall–Kier alpha value is -0.110. The van der Waals surface area contributed by atoms with Crippen molar-refractivity contribution in [3.05, 3.63) is 11.5 Å². The van der Waals surface area contributed by atoms with Crippen LogP contribution in [-0.2, 0) is 10.8 Å². The molecule has 0 aromatic rings. The Morgan fingerprint density at radius 2 is 2.18 bits per heavy atom. The summed E-state index contributed by atoms with van der Waals surface area (Å²) in [5.74, 6) is 0.579. The molecule has 0 radical (unpaired) electrons. The Kier molecular flexibility index (Phi) is 3.31. The quantitative estimate of drug-likeness (QED) is 0.639. The summed E-state index contributed by atoms with van der Waals surface area (Å²) in [7, 11) is -0.671. The van der Waals surface area contributed by atoms with Gasteiger partial charge < -0.3 is 0 Å². The highest BCUT2D eigenvalue weighted by atomic mass is 32.2. The zero-order chi connectivity index (χ0) is 8.27. The van der Waals surface area contributed by atoms with Crippen LogP contribution in [0.4, 0.5) is 0 Å². The summed E-state index contributed by atoms with van der Waals surface area (Å²) in [6.45, 7) is 4.32. The van der Waals surface area contributed by atoms with Crippen molar-refractivity contribution in [1.29, 1.82) is 0 Å². The van der Waals surface area contributed by atoms with Gasteiger partial charge in [-0.05, 0) is 24.2 Å². The number of hydrogen-bond donors (Lipinski definition) is 0. The van der Waals surface area contributed by atoms with Crippen LogP contribution >= 0.6 is 0 Å². The SMILES string of the molecule is CCCC1C(CC)C=CS1=O. The van der Waals surface area contributed by atoms with Crippen LogP contribution in [0.25, 0.3) is 0 Å². The van der Waals surface area contributed by atoms with E-state index in [0.717, 1.165) is 19.3 Å². The van der Waals surface area contributed by atoms with Crippen LogP contribution in [0.2, 0.25) is 0 Å². The molecule has 1 heterocycles. The van der Waals surface area contributed by atoms with Crippen molar-refractivity contribution in [1.82, 2.24) is 0 Å². The van der Waals surface area contributed by atoms with E-state index in [9.17, 15) is 4.21 Å². The molecular weight excluding hydrogens is 156 g/mol. The summed E-state index contributed by atoms with van der Waals surface area (Å²) in [5, 5.41) is 2.29. The average molecular weight is 172 g/mol.